The average molecular weight is 280 g/mol. The molecule has 5 heteroatoms. The Labute approximate surface area is 118 Å². The van der Waals surface area contributed by atoms with Crippen LogP contribution < -0.4 is 5.32 Å². The molecule has 0 bridgehead atoms. The van der Waals surface area contributed by atoms with Crippen molar-refractivity contribution in [3.05, 3.63) is 45.3 Å². The van der Waals surface area contributed by atoms with Crippen LogP contribution in [0, 0.1) is 21.8 Å². The second-order valence-corrected chi connectivity index (χ2v) is 5.01. The molecular weight excluding hydrogens is 259 g/mol. The van der Waals surface area contributed by atoms with Gasteiger partial charge in [-0.3, -0.25) is 10.1 Å². The van der Waals surface area contributed by atoms with E-state index in [9.17, 15) is 14.5 Å². The average Bonchev–Trinajstić information content (AvgIpc) is 2.39. The smallest absolute Gasteiger partial charge is 0.270 e. The number of halogens is 1. The van der Waals surface area contributed by atoms with Gasteiger partial charge in [0.2, 0.25) is 0 Å². The van der Waals surface area contributed by atoms with Gasteiger partial charge in [0.15, 0.2) is 0 Å². The summed E-state index contributed by atoms with van der Waals surface area (Å²) in [6.45, 7) is 7.67. The van der Waals surface area contributed by atoms with Crippen LogP contribution in [0.25, 0.3) is 6.08 Å². The number of rotatable bonds is 7. The van der Waals surface area contributed by atoms with E-state index in [1.165, 1.54) is 12.1 Å². The van der Waals surface area contributed by atoms with Crippen LogP contribution in [0.1, 0.15) is 32.8 Å². The van der Waals surface area contributed by atoms with Gasteiger partial charge in [0.1, 0.15) is 5.82 Å². The van der Waals surface area contributed by atoms with Gasteiger partial charge >= 0.3 is 0 Å². The van der Waals surface area contributed by atoms with Crippen LogP contribution in [0.15, 0.2) is 23.8 Å². The van der Waals surface area contributed by atoms with Gasteiger partial charge in [-0.1, -0.05) is 32.4 Å². The van der Waals surface area contributed by atoms with Crippen LogP contribution in [0.5, 0.6) is 0 Å². The van der Waals surface area contributed by atoms with Crippen LogP contribution in [0.2, 0.25) is 0 Å². The van der Waals surface area contributed by atoms with Crippen LogP contribution in [-0.4, -0.2) is 18.0 Å². The van der Waals surface area contributed by atoms with Crippen molar-refractivity contribution in [3.8, 4) is 0 Å². The summed E-state index contributed by atoms with van der Waals surface area (Å²) >= 11 is 0. The van der Waals surface area contributed by atoms with Crippen molar-refractivity contribution in [2.45, 2.75) is 27.2 Å². The van der Waals surface area contributed by atoms with E-state index in [4.69, 9.17) is 0 Å². The zero-order valence-electron chi connectivity index (χ0n) is 12.1. The minimum atomic E-state index is -0.513. The summed E-state index contributed by atoms with van der Waals surface area (Å²) < 4.78 is 13.8. The van der Waals surface area contributed by atoms with Crippen LogP contribution in [0.3, 0.4) is 0 Å². The van der Waals surface area contributed by atoms with E-state index in [2.05, 4.69) is 12.2 Å². The lowest BCUT2D eigenvalue weighted by Crippen LogP contribution is -2.20. The Hall–Kier alpha value is -1.75. The molecule has 0 atom stereocenters. The van der Waals surface area contributed by atoms with Crippen LogP contribution >= 0.6 is 0 Å². The number of hydrogen-bond donors (Lipinski definition) is 1. The lowest BCUT2D eigenvalue weighted by atomic mass is 9.99. The largest absolute Gasteiger partial charge is 0.313 e. The fourth-order valence-electron chi connectivity index (χ4n) is 1.79. The molecule has 0 unspecified atom stereocenters. The first-order valence-corrected chi connectivity index (χ1v) is 6.80. The Morgan fingerprint density at radius 3 is 2.75 bits per heavy atom. The second kappa shape index (κ2) is 7.75. The van der Waals surface area contributed by atoms with Crippen LogP contribution in [-0.2, 0) is 0 Å². The fourth-order valence-corrected chi connectivity index (χ4v) is 1.79. The fraction of sp³-hybridized carbons (Fsp3) is 0.467. The third kappa shape index (κ3) is 4.74. The van der Waals surface area contributed by atoms with Gasteiger partial charge in [-0.2, -0.15) is 0 Å². The van der Waals surface area contributed by atoms with E-state index < -0.39 is 10.7 Å². The van der Waals surface area contributed by atoms with Crippen molar-refractivity contribution in [1.82, 2.24) is 5.32 Å². The van der Waals surface area contributed by atoms with E-state index in [0.29, 0.717) is 6.54 Å². The van der Waals surface area contributed by atoms with E-state index >= 15 is 0 Å². The maximum Gasteiger partial charge on any atom is 0.270 e. The lowest BCUT2D eigenvalue weighted by molar-refractivity contribution is -0.384. The van der Waals surface area contributed by atoms with Gasteiger partial charge in [-0.25, -0.2) is 4.39 Å². The highest BCUT2D eigenvalue weighted by atomic mass is 19.1. The highest BCUT2D eigenvalue weighted by Gasteiger charge is 2.11. The highest BCUT2D eigenvalue weighted by molar-refractivity contribution is 5.57. The number of nitrogens with zero attached hydrogens (tertiary/aromatic N) is 1. The Morgan fingerprint density at radius 1 is 1.50 bits per heavy atom. The summed E-state index contributed by atoms with van der Waals surface area (Å²) in [7, 11) is 0. The molecule has 0 fully saturated rings. The first-order chi connectivity index (χ1) is 9.45. The topological polar surface area (TPSA) is 55.2 Å². The molecule has 1 aromatic rings. The summed E-state index contributed by atoms with van der Waals surface area (Å²) in [5, 5.41) is 14.0. The first-order valence-electron chi connectivity index (χ1n) is 6.80. The van der Waals surface area contributed by atoms with Crippen molar-refractivity contribution in [2.75, 3.05) is 13.1 Å². The molecule has 0 amide bonds. The first kappa shape index (κ1) is 16.3. The Kier molecular flexibility index (Phi) is 6.31. The summed E-state index contributed by atoms with van der Waals surface area (Å²) in [6, 6.07) is 3.59. The van der Waals surface area contributed by atoms with Gasteiger partial charge in [-0.15, -0.1) is 0 Å². The molecule has 4 nitrogen and oxygen atoms in total. The van der Waals surface area contributed by atoms with Crippen LogP contribution in [0.4, 0.5) is 10.1 Å². The minimum Gasteiger partial charge on any atom is -0.313 e. The number of benzene rings is 1. The van der Waals surface area contributed by atoms with E-state index in [1.807, 2.05) is 13.8 Å². The SMILES string of the molecule is CCCNC/C(=C/c1cc([N+](=O)[O-])ccc1F)C(C)C. The minimum absolute atomic E-state index is 0.0951. The number of nitrogens with one attached hydrogen (secondary N) is 1. The van der Waals surface area contributed by atoms with Crippen molar-refractivity contribution < 1.29 is 9.31 Å². The van der Waals surface area contributed by atoms with Gasteiger partial charge in [0.05, 0.1) is 4.92 Å². The van der Waals surface area contributed by atoms with Crippen molar-refractivity contribution in [2.24, 2.45) is 5.92 Å². The van der Waals surface area contributed by atoms with Crippen molar-refractivity contribution >= 4 is 11.8 Å². The summed E-state index contributed by atoms with van der Waals surface area (Å²) in [6.07, 6.45) is 2.73. The molecule has 1 rings (SSSR count). The Balaban J connectivity index is 3.03. The number of hydrogen-bond acceptors (Lipinski definition) is 3. The van der Waals surface area contributed by atoms with Crippen molar-refractivity contribution in [1.29, 1.82) is 0 Å². The maximum atomic E-state index is 13.8. The van der Waals surface area contributed by atoms with Gasteiger partial charge in [0, 0.05) is 24.2 Å². The van der Waals surface area contributed by atoms with Gasteiger partial charge in [0.25, 0.3) is 5.69 Å². The molecule has 0 aliphatic carbocycles. The molecule has 0 aliphatic rings. The molecular formula is C15H21FN2O2. The molecule has 1 N–H and O–H groups in total. The Morgan fingerprint density at radius 2 is 2.20 bits per heavy atom. The molecule has 0 saturated heterocycles. The third-order valence-corrected chi connectivity index (χ3v) is 3.03. The van der Waals surface area contributed by atoms with Crippen molar-refractivity contribution in [3.63, 3.8) is 0 Å². The zero-order valence-corrected chi connectivity index (χ0v) is 12.1. The normalized spacial score (nSPS) is 11.9. The highest BCUT2D eigenvalue weighted by Crippen LogP contribution is 2.21. The Bertz CT molecular complexity index is 499. The quantitative estimate of drug-likeness (QED) is 0.470. The molecule has 0 aromatic heterocycles. The molecule has 110 valence electrons. The predicted octanol–water partition coefficient (Wildman–Crippen LogP) is 3.77. The van der Waals surface area contributed by atoms with Gasteiger partial charge < -0.3 is 5.32 Å². The van der Waals surface area contributed by atoms with E-state index in [-0.39, 0.29) is 17.2 Å². The summed E-state index contributed by atoms with van der Waals surface area (Å²) in [4.78, 5) is 10.2. The molecule has 0 heterocycles. The number of non-ortho nitro benzene ring substituents is 1. The molecule has 0 radical (unpaired) electrons. The lowest BCUT2D eigenvalue weighted by Gasteiger charge is -2.13. The number of nitro groups is 1. The standard InChI is InChI=1S/C15H21FN2O2/c1-4-7-17-10-13(11(2)3)8-12-9-14(18(19)20)5-6-15(12)16/h5-6,8-9,11,17H,4,7,10H2,1-3H3/b13-8-. The van der Waals surface area contributed by atoms with E-state index in [1.54, 1.807) is 6.08 Å². The monoisotopic (exact) mass is 280 g/mol. The predicted molar refractivity (Wildman–Crippen MR) is 79.0 cm³/mol. The number of nitro benzene ring substituents is 1. The van der Waals surface area contributed by atoms with E-state index in [0.717, 1.165) is 24.6 Å². The molecule has 0 spiro atoms. The zero-order chi connectivity index (χ0) is 15.1. The second-order valence-electron chi connectivity index (χ2n) is 5.01. The molecule has 0 aliphatic heterocycles. The third-order valence-electron chi connectivity index (χ3n) is 3.03. The maximum absolute atomic E-state index is 13.8. The van der Waals surface area contributed by atoms with Gasteiger partial charge in [-0.05, 0) is 24.9 Å². The molecule has 20 heavy (non-hydrogen) atoms. The summed E-state index contributed by atoms with van der Waals surface area (Å²) in [5.41, 5.74) is 1.20. The molecule has 1 aromatic carbocycles. The summed E-state index contributed by atoms with van der Waals surface area (Å²) in [5.74, 6) is -0.192. The molecule has 0 saturated carbocycles.